The van der Waals surface area contributed by atoms with Gasteiger partial charge in [-0.25, -0.2) is 5.01 Å². The molecule has 0 unspecified atom stereocenters. The van der Waals surface area contributed by atoms with E-state index in [-0.39, 0.29) is 12.4 Å². The third-order valence-electron chi connectivity index (χ3n) is 2.52. The number of hydrogen-bond donors (Lipinski definition) is 0. The van der Waals surface area contributed by atoms with Crippen molar-refractivity contribution in [2.45, 2.75) is 38.1 Å². The highest BCUT2D eigenvalue weighted by molar-refractivity contribution is 5.85. The fourth-order valence-corrected chi connectivity index (χ4v) is 1.85. The number of hydrogen-bond acceptors (Lipinski definition) is 2. The lowest BCUT2D eigenvalue weighted by molar-refractivity contribution is -0.136. The summed E-state index contributed by atoms with van der Waals surface area (Å²) < 4.78 is 0. The van der Waals surface area contributed by atoms with Crippen LogP contribution in [0.25, 0.3) is 0 Å². The minimum Gasteiger partial charge on any atom is -0.277 e. The van der Waals surface area contributed by atoms with Crippen LogP contribution in [0.2, 0.25) is 0 Å². The molecular weight excluding hydrogens is 188 g/mol. The van der Waals surface area contributed by atoms with Crippen molar-refractivity contribution in [1.82, 2.24) is 10.0 Å². The maximum absolute atomic E-state index is 10.7. The van der Waals surface area contributed by atoms with Gasteiger partial charge in [-0.05, 0) is 12.8 Å². The van der Waals surface area contributed by atoms with E-state index in [1.54, 1.807) is 5.01 Å². The Morgan fingerprint density at radius 1 is 1.15 bits per heavy atom. The summed E-state index contributed by atoms with van der Waals surface area (Å²) >= 11 is 0. The Morgan fingerprint density at radius 3 is 2.08 bits per heavy atom. The quantitative estimate of drug-likeness (QED) is 0.518. The second-order valence-corrected chi connectivity index (χ2v) is 3.62. The maximum atomic E-state index is 10.7. The van der Waals surface area contributed by atoms with Crippen molar-refractivity contribution in [3.63, 3.8) is 0 Å². The molecule has 1 rings (SSSR count). The molecule has 78 valence electrons. The van der Waals surface area contributed by atoms with Crippen LogP contribution in [0.3, 0.4) is 0 Å². The van der Waals surface area contributed by atoms with E-state index in [4.69, 9.17) is 0 Å². The van der Waals surface area contributed by atoms with Crippen molar-refractivity contribution in [1.29, 1.82) is 0 Å². The van der Waals surface area contributed by atoms with Crippen LogP contribution in [-0.2, 0) is 4.79 Å². The highest BCUT2D eigenvalue weighted by atomic mass is 35.5. The fraction of sp³-hybridized carbons (Fsp3) is 0.889. The average Bonchev–Trinajstić information content (AvgIpc) is 2.07. The van der Waals surface area contributed by atoms with Gasteiger partial charge in [-0.1, -0.05) is 19.3 Å². The molecule has 0 heterocycles. The number of halogens is 1. The highest BCUT2D eigenvalue weighted by Crippen LogP contribution is 2.21. The van der Waals surface area contributed by atoms with E-state index in [0.717, 1.165) is 19.3 Å². The Hall–Kier alpha value is -0.280. The van der Waals surface area contributed by atoms with Gasteiger partial charge in [0.25, 0.3) is 0 Å². The van der Waals surface area contributed by atoms with Gasteiger partial charge in [-0.15, -0.1) is 12.4 Å². The molecular formula is C9H19ClN2O. The fourth-order valence-electron chi connectivity index (χ4n) is 1.85. The first-order valence-electron chi connectivity index (χ1n) is 4.66. The summed E-state index contributed by atoms with van der Waals surface area (Å²) in [5.74, 6) is 0. The number of carbonyl (C=O) groups excluding carboxylic acids is 1. The number of amides is 1. The Labute approximate surface area is 86.5 Å². The second kappa shape index (κ2) is 6.22. The SMILES string of the molecule is CN(C)N(C=O)C1CCCCC1.Cl. The van der Waals surface area contributed by atoms with Crippen molar-refractivity contribution in [2.75, 3.05) is 14.1 Å². The molecule has 0 bridgehead atoms. The first kappa shape index (κ1) is 12.7. The van der Waals surface area contributed by atoms with Gasteiger partial charge in [0.1, 0.15) is 0 Å². The van der Waals surface area contributed by atoms with Crippen LogP contribution < -0.4 is 0 Å². The normalized spacial score (nSPS) is 18.1. The van der Waals surface area contributed by atoms with Crippen LogP contribution in [-0.4, -0.2) is 36.6 Å². The molecule has 0 aromatic rings. The summed E-state index contributed by atoms with van der Waals surface area (Å²) in [5.41, 5.74) is 0. The summed E-state index contributed by atoms with van der Waals surface area (Å²) in [6.45, 7) is 0. The summed E-state index contributed by atoms with van der Waals surface area (Å²) in [7, 11) is 3.84. The van der Waals surface area contributed by atoms with Crippen molar-refractivity contribution in [3.8, 4) is 0 Å². The first-order chi connectivity index (χ1) is 5.75. The average molecular weight is 207 g/mol. The van der Waals surface area contributed by atoms with Crippen LogP contribution in [0.4, 0.5) is 0 Å². The molecule has 1 fully saturated rings. The van der Waals surface area contributed by atoms with E-state index >= 15 is 0 Å². The van der Waals surface area contributed by atoms with E-state index in [0.29, 0.717) is 6.04 Å². The smallest absolute Gasteiger partial charge is 0.224 e. The minimum absolute atomic E-state index is 0. The van der Waals surface area contributed by atoms with Crippen LogP contribution in [0, 0.1) is 0 Å². The van der Waals surface area contributed by atoms with Crippen molar-refractivity contribution in [2.24, 2.45) is 0 Å². The molecule has 0 saturated heterocycles. The molecule has 4 heteroatoms. The molecule has 0 aromatic heterocycles. The van der Waals surface area contributed by atoms with Gasteiger partial charge in [0.2, 0.25) is 6.41 Å². The Balaban J connectivity index is 0.00000144. The van der Waals surface area contributed by atoms with Gasteiger partial charge in [0.15, 0.2) is 0 Å². The lowest BCUT2D eigenvalue weighted by Gasteiger charge is -2.35. The molecule has 3 nitrogen and oxygen atoms in total. The summed E-state index contributed by atoms with van der Waals surface area (Å²) in [6.07, 6.45) is 7.13. The third kappa shape index (κ3) is 3.53. The molecule has 1 aliphatic carbocycles. The predicted octanol–water partition coefficient (Wildman–Crippen LogP) is 1.68. The number of rotatable bonds is 3. The van der Waals surface area contributed by atoms with Crippen LogP contribution >= 0.6 is 12.4 Å². The highest BCUT2D eigenvalue weighted by Gasteiger charge is 2.20. The molecule has 0 aliphatic heterocycles. The van der Waals surface area contributed by atoms with E-state index in [1.165, 1.54) is 19.3 Å². The van der Waals surface area contributed by atoms with E-state index < -0.39 is 0 Å². The molecule has 0 radical (unpaired) electrons. The van der Waals surface area contributed by atoms with Crippen molar-refractivity contribution in [3.05, 3.63) is 0 Å². The van der Waals surface area contributed by atoms with Crippen molar-refractivity contribution < 1.29 is 4.79 Å². The zero-order chi connectivity index (χ0) is 8.97. The lowest BCUT2D eigenvalue weighted by Crippen LogP contribution is -2.44. The van der Waals surface area contributed by atoms with Gasteiger partial charge in [-0.3, -0.25) is 9.80 Å². The standard InChI is InChI=1S/C9H18N2O.ClH/c1-10(2)11(8-12)9-6-4-3-5-7-9;/h8-9H,3-7H2,1-2H3;1H. The predicted molar refractivity (Wildman–Crippen MR) is 55.7 cm³/mol. The van der Waals surface area contributed by atoms with E-state index in [9.17, 15) is 4.79 Å². The molecule has 1 aliphatic rings. The second-order valence-electron chi connectivity index (χ2n) is 3.62. The summed E-state index contributed by atoms with van der Waals surface area (Å²) in [5, 5.41) is 3.68. The molecule has 1 amide bonds. The Morgan fingerprint density at radius 2 is 1.69 bits per heavy atom. The molecule has 0 spiro atoms. The molecule has 0 N–H and O–H groups in total. The van der Waals surface area contributed by atoms with Gasteiger partial charge < -0.3 is 0 Å². The first-order valence-corrected chi connectivity index (χ1v) is 4.66. The monoisotopic (exact) mass is 206 g/mol. The molecule has 1 saturated carbocycles. The summed E-state index contributed by atoms with van der Waals surface area (Å²) in [6, 6.07) is 0.450. The molecule has 13 heavy (non-hydrogen) atoms. The van der Waals surface area contributed by atoms with E-state index in [2.05, 4.69) is 0 Å². The lowest BCUT2D eigenvalue weighted by atomic mass is 9.95. The van der Waals surface area contributed by atoms with Gasteiger partial charge >= 0.3 is 0 Å². The molecule has 0 aromatic carbocycles. The van der Waals surface area contributed by atoms with Gasteiger partial charge in [0.05, 0.1) is 0 Å². The largest absolute Gasteiger partial charge is 0.277 e. The number of nitrogens with zero attached hydrogens (tertiary/aromatic N) is 2. The van der Waals surface area contributed by atoms with Crippen LogP contribution in [0.5, 0.6) is 0 Å². The maximum Gasteiger partial charge on any atom is 0.224 e. The zero-order valence-electron chi connectivity index (χ0n) is 8.40. The third-order valence-corrected chi connectivity index (χ3v) is 2.52. The minimum atomic E-state index is 0. The van der Waals surface area contributed by atoms with Gasteiger partial charge in [0, 0.05) is 20.1 Å². The Bertz CT molecular complexity index is 147. The topological polar surface area (TPSA) is 23.6 Å². The van der Waals surface area contributed by atoms with Crippen LogP contribution in [0.1, 0.15) is 32.1 Å². The number of carbonyl (C=O) groups is 1. The zero-order valence-corrected chi connectivity index (χ0v) is 9.22. The Kier molecular flexibility index (Phi) is 6.08. The molecule has 0 atom stereocenters. The summed E-state index contributed by atoms with van der Waals surface area (Å²) in [4.78, 5) is 10.7. The van der Waals surface area contributed by atoms with Crippen LogP contribution in [0.15, 0.2) is 0 Å². The number of hydrazine groups is 1. The van der Waals surface area contributed by atoms with Crippen molar-refractivity contribution >= 4 is 18.8 Å². The van der Waals surface area contributed by atoms with E-state index in [1.807, 2.05) is 19.1 Å². The van der Waals surface area contributed by atoms with Gasteiger partial charge in [-0.2, -0.15) is 0 Å².